The molecule has 1 unspecified atom stereocenters. The Hall–Kier alpha value is -1.62. The zero-order chi connectivity index (χ0) is 10.8. The van der Waals surface area contributed by atoms with E-state index in [1.165, 1.54) is 0 Å². The number of aliphatic hydroxyl groups is 1. The molecule has 80 valence electrons. The highest BCUT2D eigenvalue weighted by Crippen LogP contribution is 2.15. The average Bonchev–Trinajstić information content (AvgIpc) is 2.75. The third-order valence-corrected chi connectivity index (χ3v) is 2.25. The molecule has 5 heteroatoms. The summed E-state index contributed by atoms with van der Waals surface area (Å²) in [4.78, 5) is 4.10. The van der Waals surface area contributed by atoms with E-state index >= 15 is 0 Å². The Bertz CT molecular complexity index is 446. The Labute approximate surface area is 88.0 Å². The first-order valence-electron chi connectivity index (χ1n) is 4.78. The number of hydrogen-bond donors (Lipinski definition) is 1. The predicted molar refractivity (Wildman–Crippen MR) is 55.1 cm³/mol. The summed E-state index contributed by atoms with van der Waals surface area (Å²) in [6, 6.07) is 0. The van der Waals surface area contributed by atoms with E-state index in [0.717, 1.165) is 5.56 Å². The number of aliphatic hydroxyl groups excluding tert-OH is 1. The van der Waals surface area contributed by atoms with E-state index in [4.69, 9.17) is 0 Å². The summed E-state index contributed by atoms with van der Waals surface area (Å²) < 4.78 is 3.54. The summed E-state index contributed by atoms with van der Waals surface area (Å²) in [6.07, 6.45) is 7.14. The van der Waals surface area contributed by atoms with Gasteiger partial charge in [0.2, 0.25) is 0 Å². The van der Waals surface area contributed by atoms with E-state index in [2.05, 4.69) is 10.1 Å². The summed E-state index contributed by atoms with van der Waals surface area (Å²) in [6.45, 7) is 0. The summed E-state index contributed by atoms with van der Waals surface area (Å²) in [5, 5.41) is 13.9. The minimum atomic E-state index is -0.560. The van der Waals surface area contributed by atoms with Crippen molar-refractivity contribution < 1.29 is 5.11 Å². The molecule has 2 rings (SSSR count). The molecule has 2 aromatic heterocycles. The van der Waals surface area contributed by atoms with Crippen LogP contribution in [0.25, 0.3) is 0 Å². The number of imidazole rings is 1. The van der Waals surface area contributed by atoms with Gasteiger partial charge >= 0.3 is 0 Å². The van der Waals surface area contributed by atoms with E-state index in [0.29, 0.717) is 12.1 Å². The lowest BCUT2D eigenvalue weighted by Gasteiger charge is -2.04. The summed E-state index contributed by atoms with van der Waals surface area (Å²) in [7, 11) is 3.74. The Kier molecular flexibility index (Phi) is 2.55. The van der Waals surface area contributed by atoms with Crippen LogP contribution in [0.1, 0.15) is 17.4 Å². The largest absolute Gasteiger partial charge is 0.386 e. The molecule has 1 N–H and O–H groups in total. The standard InChI is InChI=1S/C10H14N4O/c1-13-6-9(11-7-13)10(15)3-8-4-12-14(2)5-8/h4-7,10,15H,3H2,1-2H3. The van der Waals surface area contributed by atoms with Gasteiger partial charge in [-0.3, -0.25) is 4.68 Å². The third-order valence-electron chi connectivity index (χ3n) is 2.25. The second kappa shape index (κ2) is 3.86. The molecular weight excluding hydrogens is 192 g/mol. The van der Waals surface area contributed by atoms with Gasteiger partial charge in [-0.2, -0.15) is 5.10 Å². The van der Waals surface area contributed by atoms with Crippen molar-refractivity contribution in [1.82, 2.24) is 19.3 Å². The van der Waals surface area contributed by atoms with Gasteiger partial charge in [0.1, 0.15) is 6.10 Å². The molecular formula is C10H14N4O. The molecule has 2 aromatic rings. The van der Waals surface area contributed by atoms with Gasteiger partial charge in [-0.1, -0.05) is 0 Å². The van der Waals surface area contributed by atoms with Crippen molar-refractivity contribution in [2.45, 2.75) is 12.5 Å². The van der Waals surface area contributed by atoms with E-state index < -0.39 is 6.10 Å². The Morgan fingerprint density at radius 2 is 2.20 bits per heavy atom. The van der Waals surface area contributed by atoms with Crippen molar-refractivity contribution in [3.05, 3.63) is 36.2 Å². The first kappa shape index (κ1) is 9.92. The molecule has 0 radical (unpaired) electrons. The van der Waals surface area contributed by atoms with Crippen molar-refractivity contribution in [2.24, 2.45) is 14.1 Å². The van der Waals surface area contributed by atoms with Crippen LogP contribution in [0.3, 0.4) is 0 Å². The lowest BCUT2D eigenvalue weighted by Crippen LogP contribution is -2.01. The molecule has 15 heavy (non-hydrogen) atoms. The van der Waals surface area contributed by atoms with E-state index in [1.807, 2.05) is 31.1 Å². The number of aryl methyl sites for hydroxylation is 2. The van der Waals surface area contributed by atoms with Crippen LogP contribution < -0.4 is 0 Å². The van der Waals surface area contributed by atoms with Crippen molar-refractivity contribution in [3.63, 3.8) is 0 Å². The Morgan fingerprint density at radius 3 is 2.73 bits per heavy atom. The smallest absolute Gasteiger partial charge is 0.102 e. The molecule has 2 heterocycles. The lowest BCUT2D eigenvalue weighted by atomic mass is 10.1. The van der Waals surface area contributed by atoms with E-state index in [1.54, 1.807) is 17.2 Å². The fourth-order valence-corrected chi connectivity index (χ4v) is 1.51. The van der Waals surface area contributed by atoms with Gasteiger partial charge in [0.25, 0.3) is 0 Å². The summed E-state index contributed by atoms with van der Waals surface area (Å²) in [5.74, 6) is 0. The molecule has 0 aliphatic carbocycles. The zero-order valence-electron chi connectivity index (χ0n) is 8.83. The van der Waals surface area contributed by atoms with Gasteiger partial charge in [-0.25, -0.2) is 4.98 Å². The van der Waals surface area contributed by atoms with Gasteiger partial charge in [0.05, 0.1) is 18.2 Å². The quantitative estimate of drug-likeness (QED) is 0.792. The highest BCUT2D eigenvalue weighted by Gasteiger charge is 2.11. The van der Waals surface area contributed by atoms with Gasteiger partial charge in [0, 0.05) is 32.9 Å². The Balaban J connectivity index is 2.06. The highest BCUT2D eigenvalue weighted by molar-refractivity contribution is 5.10. The average molecular weight is 206 g/mol. The number of hydrogen-bond acceptors (Lipinski definition) is 3. The molecule has 0 saturated carbocycles. The van der Waals surface area contributed by atoms with Crippen LogP contribution in [0.2, 0.25) is 0 Å². The van der Waals surface area contributed by atoms with Crippen molar-refractivity contribution in [3.8, 4) is 0 Å². The maximum atomic E-state index is 9.88. The fraction of sp³-hybridized carbons (Fsp3) is 0.400. The van der Waals surface area contributed by atoms with Crippen molar-refractivity contribution >= 4 is 0 Å². The lowest BCUT2D eigenvalue weighted by molar-refractivity contribution is 0.174. The van der Waals surface area contributed by atoms with Gasteiger partial charge in [-0.15, -0.1) is 0 Å². The molecule has 0 fully saturated rings. The monoisotopic (exact) mass is 206 g/mol. The summed E-state index contributed by atoms with van der Waals surface area (Å²) >= 11 is 0. The maximum absolute atomic E-state index is 9.88. The molecule has 1 atom stereocenters. The van der Waals surface area contributed by atoms with Crippen LogP contribution in [-0.2, 0) is 20.5 Å². The summed E-state index contributed by atoms with van der Waals surface area (Å²) in [5.41, 5.74) is 1.71. The molecule has 0 aliphatic rings. The first-order chi connectivity index (χ1) is 7.15. The normalized spacial score (nSPS) is 13.0. The molecule has 0 aromatic carbocycles. The van der Waals surface area contributed by atoms with Crippen LogP contribution in [0.15, 0.2) is 24.9 Å². The zero-order valence-corrected chi connectivity index (χ0v) is 8.83. The number of nitrogens with zero attached hydrogens (tertiary/aromatic N) is 4. The second-order valence-corrected chi connectivity index (χ2v) is 3.71. The SMILES string of the molecule is Cn1cnc(C(O)Cc2cnn(C)c2)c1. The van der Waals surface area contributed by atoms with Gasteiger partial charge in [-0.05, 0) is 5.56 Å². The minimum Gasteiger partial charge on any atom is -0.386 e. The van der Waals surface area contributed by atoms with E-state index in [-0.39, 0.29) is 0 Å². The third kappa shape index (κ3) is 2.24. The van der Waals surface area contributed by atoms with Crippen LogP contribution in [-0.4, -0.2) is 24.4 Å². The fourth-order valence-electron chi connectivity index (χ4n) is 1.51. The molecule has 0 saturated heterocycles. The van der Waals surface area contributed by atoms with Gasteiger partial charge in [0.15, 0.2) is 0 Å². The molecule has 0 amide bonds. The van der Waals surface area contributed by atoms with E-state index in [9.17, 15) is 5.11 Å². The van der Waals surface area contributed by atoms with Crippen LogP contribution in [0.4, 0.5) is 0 Å². The predicted octanol–water partition coefficient (Wildman–Crippen LogP) is 0.430. The van der Waals surface area contributed by atoms with Crippen molar-refractivity contribution in [2.75, 3.05) is 0 Å². The maximum Gasteiger partial charge on any atom is 0.102 e. The van der Waals surface area contributed by atoms with Crippen LogP contribution in [0.5, 0.6) is 0 Å². The van der Waals surface area contributed by atoms with Crippen LogP contribution >= 0.6 is 0 Å². The molecule has 5 nitrogen and oxygen atoms in total. The van der Waals surface area contributed by atoms with Crippen LogP contribution in [0, 0.1) is 0 Å². The minimum absolute atomic E-state index is 0.546. The Morgan fingerprint density at radius 1 is 1.40 bits per heavy atom. The number of aromatic nitrogens is 4. The molecule has 0 aliphatic heterocycles. The molecule has 0 bridgehead atoms. The first-order valence-corrected chi connectivity index (χ1v) is 4.78. The molecule has 0 spiro atoms. The van der Waals surface area contributed by atoms with Gasteiger partial charge < -0.3 is 9.67 Å². The highest BCUT2D eigenvalue weighted by atomic mass is 16.3. The topological polar surface area (TPSA) is 55.9 Å². The second-order valence-electron chi connectivity index (χ2n) is 3.71. The van der Waals surface area contributed by atoms with Crippen molar-refractivity contribution in [1.29, 1.82) is 0 Å². The number of rotatable bonds is 3.